The molecular formula is C17H23N2O7+. The Morgan fingerprint density at radius 2 is 1.65 bits per heavy atom. The molecule has 142 valence electrons. The highest BCUT2D eigenvalue weighted by Crippen LogP contribution is 2.29. The number of carbonyl (C=O) groups excluding carboxylic acids is 3. The van der Waals surface area contributed by atoms with Gasteiger partial charge < -0.3 is 25.6 Å². The van der Waals surface area contributed by atoms with Crippen molar-refractivity contribution in [1.82, 2.24) is 5.32 Å². The molecule has 9 nitrogen and oxygen atoms in total. The van der Waals surface area contributed by atoms with E-state index in [4.69, 9.17) is 9.47 Å². The molecule has 0 aliphatic carbocycles. The van der Waals surface area contributed by atoms with Crippen molar-refractivity contribution < 1.29 is 39.5 Å². The Labute approximate surface area is 150 Å². The van der Waals surface area contributed by atoms with Crippen LogP contribution in [0.5, 0.6) is 11.5 Å². The molecule has 0 bridgehead atoms. The fourth-order valence-corrected chi connectivity index (χ4v) is 1.94. The summed E-state index contributed by atoms with van der Waals surface area (Å²) in [5, 5.41) is 11.8. The SMILES string of the molecule is CC(=O)Oc1ccc(C[C@H](NC(=O)C(C)(C)[NH3+])C(=O)O)cc1OC(C)=O. The van der Waals surface area contributed by atoms with Gasteiger partial charge in [0.15, 0.2) is 17.0 Å². The average Bonchev–Trinajstić information content (AvgIpc) is 2.46. The molecule has 0 aliphatic rings. The van der Waals surface area contributed by atoms with E-state index in [2.05, 4.69) is 11.1 Å². The Morgan fingerprint density at radius 1 is 1.12 bits per heavy atom. The number of ether oxygens (including phenoxy) is 2. The Balaban J connectivity index is 3.08. The molecule has 0 radical (unpaired) electrons. The van der Waals surface area contributed by atoms with Gasteiger partial charge in [0.2, 0.25) is 0 Å². The summed E-state index contributed by atoms with van der Waals surface area (Å²) in [6.07, 6.45) is -0.0637. The first-order chi connectivity index (χ1) is 11.9. The molecule has 1 atom stereocenters. The van der Waals surface area contributed by atoms with Gasteiger partial charge in [-0.05, 0) is 31.5 Å². The van der Waals surface area contributed by atoms with E-state index in [9.17, 15) is 24.3 Å². The van der Waals surface area contributed by atoms with Crippen LogP contribution in [0.2, 0.25) is 0 Å². The molecule has 0 saturated carbocycles. The zero-order chi connectivity index (χ0) is 20.1. The maximum absolute atomic E-state index is 12.0. The molecule has 0 spiro atoms. The predicted molar refractivity (Wildman–Crippen MR) is 89.3 cm³/mol. The maximum Gasteiger partial charge on any atom is 0.326 e. The summed E-state index contributed by atoms with van der Waals surface area (Å²) in [5.41, 5.74) is 3.14. The van der Waals surface area contributed by atoms with E-state index in [1.54, 1.807) is 13.8 Å². The lowest BCUT2D eigenvalue weighted by molar-refractivity contribution is -0.446. The number of esters is 2. The topological polar surface area (TPSA) is 147 Å². The predicted octanol–water partition coefficient (Wildman–Crippen LogP) is -0.330. The number of nitrogens with one attached hydrogen (secondary N) is 1. The summed E-state index contributed by atoms with van der Waals surface area (Å²) in [5.74, 6) is -2.94. The molecule has 0 aromatic heterocycles. The van der Waals surface area contributed by atoms with Crippen molar-refractivity contribution in [3.05, 3.63) is 23.8 Å². The number of aliphatic carboxylic acids is 1. The van der Waals surface area contributed by atoms with Gasteiger partial charge in [0.25, 0.3) is 5.91 Å². The van der Waals surface area contributed by atoms with E-state index >= 15 is 0 Å². The van der Waals surface area contributed by atoms with Gasteiger partial charge in [-0.15, -0.1) is 0 Å². The molecule has 1 amide bonds. The van der Waals surface area contributed by atoms with Crippen LogP contribution in [0.25, 0.3) is 0 Å². The summed E-state index contributed by atoms with van der Waals surface area (Å²) < 4.78 is 9.96. The lowest BCUT2D eigenvalue weighted by atomic mass is 10.0. The van der Waals surface area contributed by atoms with E-state index in [0.717, 1.165) is 0 Å². The number of amides is 1. The Hall–Kier alpha value is -2.94. The first kappa shape index (κ1) is 21.1. The second-order valence-corrected chi connectivity index (χ2v) is 6.42. The van der Waals surface area contributed by atoms with Gasteiger partial charge in [-0.1, -0.05) is 6.07 Å². The smallest absolute Gasteiger partial charge is 0.326 e. The van der Waals surface area contributed by atoms with E-state index in [0.29, 0.717) is 5.56 Å². The van der Waals surface area contributed by atoms with Crippen LogP contribution in [-0.2, 0) is 25.6 Å². The van der Waals surface area contributed by atoms with Gasteiger partial charge >= 0.3 is 17.9 Å². The summed E-state index contributed by atoms with van der Waals surface area (Å²) in [6.45, 7) is 5.50. The maximum atomic E-state index is 12.0. The number of carboxylic acid groups (broad SMARTS) is 1. The Kier molecular flexibility index (Phi) is 6.85. The van der Waals surface area contributed by atoms with E-state index in [1.807, 2.05) is 0 Å². The number of hydrogen-bond donors (Lipinski definition) is 3. The molecule has 5 N–H and O–H groups in total. The monoisotopic (exact) mass is 367 g/mol. The van der Waals surface area contributed by atoms with Crippen LogP contribution in [0.15, 0.2) is 18.2 Å². The Bertz CT molecular complexity index is 722. The normalized spacial score (nSPS) is 12.0. The van der Waals surface area contributed by atoms with Gasteiger partial charge in [-0.3, -0.25) is 14.4 Å². The van der Waals surface area contributed by atoms with Crippen LogP contribution < -0.4 is 20.5 Å². The number of quaternary nitrogens is 1. The second-order valence-electron chi connectivity index (χ2n) is 6.42. The second kappa shape index (κ2) is 8.43. The molecule has 0 fully saturated rings. The molecule has 1 aromatic carbocycles. The van der Waals surface area contributed by atoms with Crippen LogP contribution in [0, 0.1) is 0 Å². The first-order valence-electron chi connectivity index (χ1n) is 7.79. The van der Waals surface area contributed by atoms with Crippen LogP contribution in [0.3, 0.4) is 0 Å². The van der Waals surface area contributed by atoms with Gasteiger partial charge in [0.1, 0.15) is 6.04 Å². The molecule has 9 heteroatoms. The number of carbonyl (C=O) groups is 4. The summed E-state index contributed by atoms with van der Waals surface area (Å²) >= 11 is 0. The van der Waals surface area contributed by atoms with Crippen LogP contribution >= 0.6 is 0 Å². The highest BCUT2D eigenvalue weighted by Gasteiger charge is 2.31. The van der Waals surface area contributed by atoms with Crippen LogP contribution in [-0.4, -0.2) is 40.5 Å². The average molecular weight is 367 g/mol. The minimum atomic E-state index is -1.22. The minimum absolute atomic E-state index is 0.0156. The zero-order valence-electron chi connectivity index (χ0n) is 15.1. The lowest BCUT2D eigenvalue weighted by Crippen LogP contribution is -2.76. The molecule has 0 unspecified atom stereocenters. The molecular weight excluding hydrogens is 344 g/mol. The zero-order valence-corrected chi connectivity index (χ0v) is 15.1. The fraction of sp³-hybridized carbons (Fsp3) is 0.412. The summed E-state index contributed by atoms with van der Waals surface area (Å²) in [7, 11) is 0. The third-order valence-corrected chi connectivity index (χ3v) is 3.17. The lowest BCUT2D eigenvalue weighted by Gasteiger charge is -2.20. The largest absolute Gasteiger partial charge is 0.480 e. The van der Waals surface area contributed by atoms with Crippen LogP contribution in [0.4, 0.5) is 0 Å². The van der Waals surface area contributed by atoms with Crippen molar-refractivity contribution >= 4 is 23.8 Å². The number of hydrogen-bond acceptors (Lipinski definition) is 6. The number of rotatable bonds is 7. The van der Waals surface area contributed by atoms with Gasteiger partial charge in [-0.25, -0.2) is 4.79 Å². The summed E-state index contributed by atoms with van der Waals surface area (Å²) in [6, 6.07) is 3.09. The Morgan fingerprint density at radius 3 is 2.12 bits per heavy atom. The number of carboxylic acids is 1. The molecule has 0 heterocycles. The van der Waals surface area contributed by atoms with Crippen molar-refractivity contribution in [3.63, 3.8) is 0 Å². The van der Waals surface area contributed by atoms with E-state index < -0.39 is 35.4 Å². The third kappa shape index (κ3) is 6.52. The quantitative estimate of drug-likeness (QED) is 0.441. The first-order valence-corrected chi connectivity index (χ1v) is 7.79. The highest BCUT2D eigenvalue weighted by atomic mass is 16.6. The standard InChI is InChI=1S/C17H22N2O7/c1-9(20)25-13-6-5-11(8-14(13)26-10(2)21)7-12(15(22)23)19-16(24)17(3,4)18/h5-6,8,12H,7,18H2,1-4H3,(H,19,24)(H,22,23)/p+1/t12-/m0/s1. The van der Waals surface area contributed by atoms with E-state index in [-0.39, 0.29) is 17.9 Å². The number of benzene rings is 1. The van der Waals surface area contributed by atoms with Gasteiger partial charge in [-0.2, -0.15) is 0 Å². The van der Waals surface area contributed by atoms with Crippen molar-refractivity contribution in [2.24, 2.45) is 0 Å². The summed E-state index contributed by atoms with van der Waals surface area (Å²) in [4.78, 5) is 45.8. The molecule has 0 aliphatic heterocycles. The highest BCUT2D eigenvalue weighted by molar-refractivity contribution is 5.88. The fourth-order valence-electron chi connectivity index (χ4n) is 1.94. The minimum Gasteiger partial charge on any atom is -0.480 e. The molecule has 1 rings (SSSR count). The van der Waals surface area contributed by atoms with Crippen LogP contribution in [0.1, 0.15) is 33.3 Å². The van der Waals surface area contributed by atoms with Crippen molar-refractivity contribution in [3.8, 4) is 11.5 Å². The van der Waals surface area contributed by atoms with Gasteiger partial charge in [0, 0.05) is 20.3 Å². The van der Waals surface area contributed by atoms with Crippen molar-refractivity contribution in [2.45, 2.75) is 45.7 Å². The van der Waals surface area contributed by atoms with E-state index in [1.165, 1.54) is 32.0 Å². The van der Waals surface area contributed by atoms with Gasteiger partial charge in [0.05, 0.1) is 0 Å². The molecule has 0 saturated heterocycles. The van der Waals surface area contributed by atoms with Crippen molar-refractivity contribution in [1.29, 1.82) is 0 Å². The van der Waals surface area contributed by atoms with Crippen molar-refractivity contribution in [2.75, 3.05) is 0 Å². The third-order valence-electron chi connectivity index (χ3n) is 3.17. The molecule has 26 heavy (non-hydrogen) atoms. The molecule has 1 aromatic rings.